The Hall–Kier alpha value is -0.960. The van der Waals surface area contributed by atoms with Crippen LogP contribution in [0.5, 0.6) is 0 Å². The van der Waals surface area contributed by atoms with E-state index in [1.165, 1.54) is 0 Å². The van der Waals surface area contributed by atoms with Gasteiger partial charge >= 0.3 is 0 Å². The summed E-state index contributed by atoms with van der Waals surface area (Å²) < 4.78 is 0. The molecule has 0 aliphatic rings. The number of aliphatic hydroxyl groups is 1. The Labute approximate surface area is 72.5 Å². The zero-order chi connectivity index (χ0) is 8.97. The topological polar surface area (TPSA) is 46.0 Å². The Morgan fingerprint density at radius 3 is 2.67 bits per heavy atom. The number of hydrogen-bond donors (Lipinski definition) is 1. The van der Waals surface area contributed by atoms with Crippen LogP contribution in [-0.2, 0) is 6.42 Å². The van der Waals surface area contributed by atoms with Crippen molar-refractivity contribution in [3.8, 4) is 0 Å². The van der Waals surface area contributed by atoms with Gasteiger partial charge in [0.05, 0.1) is 11.8 Å². The summed E-state index contributed by atoms with van der Waals surface area (Å²) in [5.74, 6) is 0.270. The van der Waals surface area contributed by atoms with Crippen LogP contribution in [-0.4, -0.2) is 21.2 Å². The van der Waals surface area contributed by atoms with Crippen molar-refractivity contribution in [1.29, 1.82) is 0 Å². The first-order chi connectivity index (χ1) is 5.70. The quantitative estimate of drug-likeness (QED) is 0.729. The molecule has 0 aromatic carbocycles. The zero-order valence-electron chi connectivity index (χ0n) is 7.44. The van der Waals surface area contributed by atoms with Crippen molar-refractivity contribution in [3.05, 3.63) is 24.3 Å². The molecule has 0 saturated heterocycles. The Morgan fingerprint density at radius 1 is 1.42 bits per heavy atom. The average Bonchev–Trinajstić information content (AvgIpc) is 2.06. The molecule has 0 bridgehead atoms. The van der Waals surface area contributed by atoms with Gasteiger partial charge in [-0.05, 0) is 5.92 Å². The molecule has 1 aromatic rings. The molecule has 3 heteroatoms. The van der Waals surface area contributed by atoms with Crippen molar-refractivity contribution < 1.29 is 5.11 Å². The minimum atomic E-state index is -0.318. The second-order valence-electron chi connectivity index (χ2n) is 3.21. The summed E-state index contributed by atoms with van der Waals surface area (Å²) in [5.41, 5.74) is 0.846. The number of aliphatic hydroxyl groups excluding tert-OH is 1. The summed E-state index contributed by atoms with van der Waals surface area (Å²) in [4.78, 5) is 8.00. The number of rotatable bonds is 3. The van der Waals surface area contributed by atoms with Crippen molar-refractivity contribution in [3.63, 3.8) is 0 Å². The highest BCUT2D eigenvalue weighted by molar-refractivity contribution is 4.96. The molecule has 66 valence electrons. The Bertz CT molecular complexity index is 223. The lowest BCUT2D eigenvalue weighted by atomic mass is 10.0. The second-order valence-corrected chi connectivity index (χ2v) is 3.21. The Balaban J connectivity index is 2.53. The molecule has 0 radical (unpaired) electrons. The third-order valence-electron chi connectivity index (χ3n) is 1.80. The van der Waals surface area contributed by atoms with Gasteiger partial charge in [-0.25, -0.2) is 0 Å². The maximum atomic E-state index is 9.51. The molecule has 0 aliphatic heterocycles. The molecule has 3 nitrogen and oxygen atoms in total. The highest BCUT2D eigenvalue weighted by atomic mass is 16.3. The zero-order valence-corrected chi connectivity index (χ0v) is 7.44. The number of aromatic nitrogens is 2. The molecular weight excluding hydrogens is 152 g/mol. The third kappa shape index (κ3) is 2.58. The van der Waals surface area contributed by atoms with E-state index < -0.39 is 0 Å². The Morgan fingerprint density at radius 2 is 2.17 bits per heavy atom. The van der Waals surface area contributed by atoms with E-state index in [-0.39, 0.29) is 12.0 Å². The Kier molecular flexibility index (Phi) is 3.17. The summed E-state index contributed by atoms with van der Waals surface area (Å²) in [5, 5.41) is 9.51. The van der Waals surface area contributed by atoms with Gasteiger partial charge in [0.2, 0.25) is 0 Å². The monoisotopic (exact) mass is 166 g/mol. The molecule has 0 spiro atoms. The normalized spacial score (nSPS) is 13.3. The molecule has 1 rings (SSSR count). The second kappa shape index (κ2) is 4.16. The molecule has 12 heavy (non-hydrogen) atoms. The van der Waals surface area contributed by atoms with Crippen molar-refractivity contribution >= 4 is 0 Å². The molecule has 0 aliphatic carbocycles. The highest BCUT2D eigenvalue weighted by Crippen LogP contribution is 2.06. The minimum Gasteiger partial charge on any atom is -0.392 e. The van der Waals surface area contributed by atoms with Crippen LogP contribution in [0, 0.1) is 5.92 Å². The largest absolute Gasteiger partial charge is 0.392 e. The molecule has 1 heterocycles. The molecule has 0 amide bonds. The maximum Gasteiger partial charge on any atom is 0.0619 e. The van der Waals surface area contributed by atoms with Gasteiger partial charge in [-0.15, -0.1) is 0 Å². The van der Waals surface area contributed by atoms with Crippen LogP contribution in [0.15, 0.2) is 18.6 Å². The first-order valence-corrected chi connectivity index (χ1v) is 4.13. The van der Waals surface area contributed by atoms with Crippen LogP contribution in [0.2, 0.25) is 0 Å². The van der Waals surface area contributed by atoms with Gasteiger partial charge in [-0.2, -0.15) is 0 Å². The van der Waals surface area contributed by atoms with Crippen molar-refractivity contribution in [2.45, 2.75) is 26.4 Å². The minimum absolute atomic E-state index is 0.270. The summed E-state index contributed by atoms with van der Waals surface area (Å²) in [6.07, 6.45) is 5.23. The SMILES string of the molecule is CC(C)C(O)Cc1cnccn1. The van der Waals surface area contributed by atoms with Gasteiger partial charge < -0.3 is 5.11 Å². The molecular formula is C9H14N2O. The van der Waals surface area contributed by atoms with Crippen LogP contribution < -0.4 is 0 Å². The molecule has 1 N–H and O–H groups in total. The standard InChI is InChI=1S/C9H14N2O/c1-7(2)9(12)5-8-6-10-3-4-11-8/h3-4,6-7,9,12H,5H2,1-2H3. The first-order valence-electron chi connectivity index (χ1n) is 4.13. The van der Waals surface area contributed by atoms with E-state index in [2.05, 4.69) is 9.97 Å². The van der Waals surface area contributed by atoms with E-state index in [9.17, 15) is 5.11 Å². The molecule has 0 saturated carbocycles. The van der Waals surface area contributed by atoms with E-state index in [0.29, 0.717) is 6.42 Å². The van der Waals surface area contributed by atoms with Crippen molar-refractivity contribution in [1.82, 2.24) is 9.97 Å². The van der Waals surface area contributed by atoms with E-state index in [0.717, 1.165) is 5.69 Å². The maximum absolute atomic E-state index is 9.51. The van der Waals surface area contributed by atoms with Gasteiger partial charge in [0.25, 0.3) is 0 Å². The summed E-state index contributed by atoms with van der Waals surface area (Å²) >= 11 is 0. The lowest BCUT2D eigenvalue weighted by Gasteiger charge is -2.12. The van der Waals surface area contributed by atoms with Crippen molar-refractivity contribution in [2.75, 3.05) is 0 Å². The van der Waals surface area contributed by atoms with Crippen LogP contribution in [0.4, 0.5) is 0 Å². The number of nitrogens with zero attached hydrogens (tertiary/aromatic N) is 2. The average molecular weight is 166 g/mol. The van der Waals surface area contributed by atoms with Gasteiger partial charge in [0.1, 0.15) is 0 Å². The number of hydrogen-bond acceptors (Lipinski definition) is 3. The predicted molar refractivity (Wildman–Crippen MR) is 46.6 cm³/mol. The molecule has 1 atom stereocenters. The van der Waals surface area contributed by atoms with Gasteiger partial charge in [-0.1, -0.05) is 13.8 Å². The highest BCUT2D eigenvalue weighted by Gasteiger charge is 2.10. The fourth-order valence-corrected chi connectivity index (χ4v) is 0.885. The molecule has 0 fully saturated rings. The third-order valence-corrected chi connectivity index (χ3v) is 1.80. The van der Waals surface area contributed by atoms with Crippen molar-refractivity contribution in [2.24, 2.45) is 5.92 Å². The lowest BCUT2D eigenvalue weighted by Crippen LogP contribution is -2.18. The molecule has 1 unspecified atom stereocenters. The predicted octanol–water partition coefficient (Wildman–Crippen LogP) is 1.04. The summed E-state index contributed by atoms with van der Waals surface area (Å²) in [7, 11) is 0. The van der Waals surface area contributed by atoms with E-state index >= 15 is 0 Å². The molecule has 1 aromatic heterocycles. The van der Waals surface area contributed by atoms with E-state index in [1.807, 2.05) is 13.8 Å². The van der Waals surface area contributed by atoms with Gasteiger partial charge in [0.15, 0.2) is 0 Å². The lowest BCUT2D eigenvalue weighted by molar-refractivity contribution is 0.124. The van der Waals surface area contributed by atoms with Gasteiger partial charge in [0, 0.05) is 25.0 Å². The van der Waals surface area contributed by atoms with Crippen LogP contribution in [0.1, 0.15) is 19.5 Å². The van der Waals surface area contributed by atoms with Gasteiger partial charge in [-0.3, -0.25) is 9.97 Å². The fraction of sp³-hybridized carbons (Fsp3) is 0.556. The first kappa shape index (κ1) is 9.13. The van der Waals surface area contributed by atoms with Crippen LogP contribution in [0.3, 0.4) is 0 Å². The smallest absolute Gasteiger partial charge is 0.0619 e. The fourth-order valence-electron chi connectivity index (χ4n) is 0.885. The van der Waals surface area contributed by atoms with Crippen LogP contribution >= 0.6 is 0 Å². The van der Waals surface area contributed by atoms with Crippen LogP contribution in [0.25, 0.3) is 0 Å². The summed E-state index contributed by atoms with van der Waals surface area (Å²) in [6, 6.07) is 0. The van der Waals surface area contributed by atoms with E-state index in [4.69, 9.17) is 0 Å². The van der Waals surface area contributed by atoms with E-state index in [1.54, 1.807) is 18.6 Å². The summed E-state index contributed by atoms with van der Waals surface area (Å²) in [6.45, 7) is 3.97.